The molecular weight excluding hydrogens is 290 g/mol. The van der Waals surface area contributed by atoms with Gasteiger partial charge in [0, 0.05) is 6.54 Å². The molecular formula is C15H22BrNO. The third kappa shape index (κ3) is 4.45. The number of hydrogen-bond donors (Lipinski definition) is 1. The largest absolute Gasteiger partial charge is 0.355 e. The van der Waals surface area contributed by atoms with E-state index < -0.39 is 0 Å². The molecule has 2 atom stereocenters. The second-order valence-electron chi connectivity index (χ2n) is 5.79. The van der Waals surface area contributed by atoms with E-state index in [4.69, 9.17) is 0 Å². The SMILES string of the molecule is CC(CNC(=O)[C@@H](Br)C(C)(C)C)c1ccccc1. The molecule has 18 heavy (non-hydrogen) atoms. The van der Waals surface area contributed by atoms with Crippen LogP contribution in [-0.2, 0) is 4.79 Å². The van der Waals surface area contributed by atoms with Gasteiger partial charge in [-0.3, -0.25) is 4.79 Å². The maximum absolute atomic E-state index is 12.0. The van der Waals surface area contributed by atoms with Crippen molar-refractivity contribution in [2.75, 3.05) is 6.54 Å². The molecule has 2 nitrogen and oxygen atoms in total. The lowest BCUT2D eigenvalue weighted by Gasteiger charge is -2.25. The summed E-state index contributed by atoms with van der Waals surface area (Å²) < 4.78 is 0. The van der Waals surface area contributed by atoms with Crippen LogP contribution in [0.5, 0.6) is 0 Å². The zero-order valence-electron chi connectivity index (χ0n) is 11.5. The lowest BCUT2D eigenvalue weighted by molar-refractivity contribution is -0.122. The van der Waals surface area contributed by atoms with E-state index in [2.05, 4.69) is 40.3 Å². The highest BCUT2D eigenvalue weighted by atomic mass is 79.9. The molecule has 0 spiro atoms. The van der Waals surface area contributed by atoms with Gasteiger partial charge in [0.2, 0.25) is 5.91 Å². The van der Waals surface area contributed by atoms with Crippen LogP contribution in [0.1, 0.15) is 39.2 Å². The van der Waals surface area contributed by atoms with Crippen molar-refractivity contribution < 1.29 is 4.79 Å². The van der Waals surface area contributed by atoms with Gasteiger partial charge in [0.1, 0.15) is 0 Å². The molecule has 0 bridgehead atoms. The minimum Gasteiger partial charge on any atom is -0.355 e. The molecule has 0 heterocycles. The molecule has 0 fully saturated rings. The lowest BCUT2D eigenvalue weighted by Crippen LogP contribution is -2.40. The van der Waals surface area contributed by atoms with Gasteiger partial charge < -0.3 is 5.32 Å². The molecule has 0 radical (unpaired) electrons. The van der Waals surface area contributed by atoms with Gasteiger partial charge in [-0.1, -0.05) is 74.0 Å². The van der Waals surface area contributed by atoms with Gasteiger partial charge in [0.25, 0.3) is 0 Å². The smallest absolute Gasteiger partial charge is 0.234 e. The summed E-state index contributed by atoms with van der Waals surface area (Å²) in [6, 6.07) is 10.2. The van der Waals surface area contributed by atoms with Crippen molar-refractivity contribution in [3.63, 3.8) is 0 Å². The molecule has 100 valence electrons. The average molecular weight is 312 g/mol. The first-order valence-corrected chi connectivity index (χ1v) is 7.20. The Morgan fingerprint density at radius 2 is 1.83 bits per heavy atom. The quantitative estimate of drug-likeness (QED) is 0.844. The molecule has 1 aromatic rings. The highest BCUT2D eigenvalue weighted by Gasteiger charge is 2.28. The van der Waals surface area contributed by atoms with Crippen molar-refractivity contribution in [3.8, 4) is 0 Å². The number of nitrogens with one attached hydrogen (secondary N) is 1. The van der Waals surface area contributed by atoms with Crippen LogP contribution < -0.4 is 5.32 Å². The van der Waals surface area contributed by atoms with E-state index in [0.29, 0.717) is 12.5 Å². The minimum atomic E-state index is -0.159. The summed E-state index contributed by atoms with van der Waals surface area (Å²) in [4.78, 5) is 11.8. The van der Waals surface area contributed by atoms with E-state index in [1.165, 1.54) is 5.56 Å². The molecule has 1 unspecified atom stereocenters. The molecule has 0 aromatic heterocycles. The highest BCUT2D eigenvalue weighted by molar-refractivity contribution is 9.10. The highest BCUT2D eigenvalue weighted by Crippen LogP contribution is 2.26. The Kier molecular flexibility index (Phi) is 5.39. The van der Waals surface area contributed by atoms with Gasteiger partial charge in [-0.25, -0.2) is 0 Å². The molecule has 1 N–H and O–H groups in total. The average Bonchev–Trinajstić information content (AvgIpc) is 2.34. The number of benzene rings is 1. The number of hydrogen-bond acceptors (Lipinski definition) is 1. The van der Waals surface area contributed by atoms with Crippen molar-refractivity contribution >= 4 is 21.8 Å². The fourth-order valence-corrected chi connectivity index (χ4v) is 1.80. The number of amides is 1. The van der Waals surface area contributed by atoms with E-state index >= 15 is 0 Å². The van der Waals surface area contributed by atoms with Crippen molar-refractivity contribution in [2.24, 2.45) is 5.41 Å². The Morgan fingerprint density at radius 3 is 2.33 bits per heavy atom. The van der Waals surface area contributed by atoms with Crippen LogP contribution in [0, 0.1) is 5.41 Å². The molecule has 1 amide bonds. The number of halogens is 1. The monoisotopic (exact) mass is 311 g/mol. The summed E-state index contributed by atoms with van der Waals surface area (Å²) in [5.41, 5.74) is 1.18. The molecule has 3 heteroatoms. The van der Waals surface area contributed by atoms with E-state index in [9.17, 15) is 4.79 Å². The van der Waals surface area contributed by atoms with Crippen LogP contribution >= 0.6 is 15.9 Å². The van der Waals surface area contributed by atoms with Crippen molar-refractivity contribution in [3.05, 3.63) is 35.9 Å². The Balaban J connectivity index is 2.49. The number of rotatable bonds is 4. The predicted molar refractivity (Wildman–Crippen MR) is 80.0 cm³/mol. The van der Waals surface area contributed by atoms with E-state index in [1.54, 1.807) is 0 Å². The van der Waals surface area contributed by atoms with Crippen LogP contribution in [0.4, 0.5) is 0 Å². The predicted octanol–water partition coefficient (Wildman–Crippen LogP) is 3.72. The van der Waals surface area contributed by atoms with Crippen LogP contribution in [0.15, 0.2) is 30.3 Å². The van der Waals surface area contributed by atoms with Crippen LogP contribution in [0.2, 0.25) is 0 Å². The first-order valence-electron chi connectivity index (χ1n) is 6.29. The summed E-state index contributed by atoms with van der Waals surface area (Å²) in [5.74, 6) is 0.389. The Morgan fingerprint density at radius 1 is 1.28 bits per heavy atom. The zero-order valence-corrected chi connectivity index (χ0v) is 13.1. The topological polar surface area (TPSA) is 29.1 Å². The Bertz CT molecular complexity index is 383. The van der Waals surface area contributed by atoms with E-state index in [0.717, 1.165) is 0 Å². The van der Waals surface area contributed by atoms with Gasteiger partial charge in [0.15, 0.2) is 0 Å². The number of carbonyl (C=O) groups is 1. The zero-order chi connectivity index (χ0) is 13.8. The summed E-state index contributed by atoms with van der Waals surface area (Å²) in [5, 5.41) is 3.00. The van der Waals surface area contributed by atoms with E-state index in [1.807, 2.05) is 39.0 Å². The van der Waals surface area contributed by atoms with Gasteiger partial charge in [-0.15, -0.1) is 0 Å². The third-order valence-corrected chi connectivity index (χ3v) is 4.73. The molecule has 0 saturated heterocycles. The van der Waals surface area contributed by atoms with Gasteiger partial charge in [-0.05, 0) is 16.9 Å². The summed E-state index contributed by atoms with van der Waals surface area (Å²) in [7, 11) is 0. The molecule has 1 aromatic carbocycles. The number of alkyl halides is 1. The number of carbonyl (C=O) groups excluding carboxylic acids is 1. The normalized spacial score (nSPS) is 14.9. The first-order chi connectivity index (χ1) is 8.32. The molecule has 0 aliphatic carbocycles. The Hall–Kier alpha value is -0.830. The first kappa shape index (κ1) is 15.2. The fraction of sp³-hybridized carbons (Fsp3) is 0.533. The molecule has 1 rings (SSSR count). The fourth-order valence-electron chi connectivity index (χ4n) is 1.64. The van der Waals surface area contributed by atoms with Crippen molar-refractivity contribution in [1.82, 2.24) is 5.32 Å². The maximum atomic E-state index is 12.0. The van der Waals surface area contributed by atoms with Crippen molar-refractivity contribution in [1.29, 1.82) is 0 Å². The van der Waals surface area contributed by atoms with E-state index in [-0.39, 0.29) is 16.1 Å². The van der Waals surface area contributed by atoms with Crippen LogP contribution in [0.3, 0.4) is 0 Å². The standard InChI is InChI=1S/C15H22BrNO/c1-11(12-8-6-5-7-9-12)10-17-14(18)13(16)15(2,3)4/h5-9,11,13H,10H2,1-4H3,(H,17,18)/t11?,13-/m1/s1. The summed E-state index contributed by atoms with van der Waals surface area (Å²) >= 11 is 3.46. The van der Waals surface area contributed by atoms with Crippen LogP contribution in [0.25, 0.3) is 0 Å². The van der Waals surface area contributed by atoms with Gasteiger partial charge >= 0.3 is 0 Å². The van der Waals surface area contributed by atoms with Crippen molar-refractivity contribution in [2.45, 2.75) is 38.4 Å². The third-order valence-electron chi connectivity index (χ3n) is 2.94. The second-order valence-corrected chi connectivity index (χ2v) is 6.70. The summed E-state index contributed by atoms with van der Waals surface area (Å²) in [6.45, 7) is 8.93. The van der Waals surface area contributed by atoms with Gasteiger partial charge in [-0.2, -0.15) is 0 Å². The summed E-state index contributed by atoms with van der Waals surface area (Å²) in [6.07, 6.45) is 0. The maximum Gasteiger partial charge on any atom is 0.234 e. The molecule has 0 saturated carbocycles. The molecule has 0 aliphatic heterocycles. The molecule has 0 aliphatic rings. The van der Waals surface area contributed by atoms with Gasteiger partial charge in [0.05, 0.1) is 4.83 Å². The lowest BCUT2D eigenvalue weighted by atomic mass is 9.91. The second kappa shape index (κ2) is 6.37. The van der Waals surface area contributed by atoms with Crippen LogP contribution in [-0.4, -0.2) is 17.3 Å². The minimum absolute atomic E-state index is 0.0604. The Labute approximate surface area is 118 Å².